The summed E-state index contributed by atoms with van der Waals surface area (Å²) >= 11 is 0. The summed E-state index contributed by atoms with van der Waals surface area (Å²) in [5.74, 6) is 0.162. The Balaban J connectivity index is 2.76. The van der Waals surface area contributed by atoms with Crippen molar-refractivity contribution in [3.63, 3.8) is 0 Å². The lowest BCUT2D eigenvalue weighted by atomic mass is 10.2. The van der Waals surface area contributed by atoms with Gasteiger partial charge in [-0.15, -0.1) is 6.58 Å². The van der Waals surface area contributed by atoms with Crippen LogP contribution in [0.25, 0.3) is 0 Å². The maximum atomic E-state index is 11.3. The molecule has 1 aromatic carbocycles. The lowest BCUT2D eigenvalue weighted by Crippen LogP contribution is -2.06. The topological polar surface area (TPSA) is 35.5 Å². The standard InChI is InChI=1S/C12H14O3/c1-3-4-9-15-11-8-6-5-7-10(11)12(13)14-2/h3,5-8H,1,4,9H2,2H3. The Morgan fingerprint density at radius 1 is 1.47 bits per heavy atom. The van der Waals surface area contributed by atoms with E-state index in [1.165, 1.54) is 7.11 Å². The lowest BCUT2D eigenvalue weighted by molar-refractivity contribution is 0.0596. The van der Waals surface area contributed by atoms with Gasteiger partial charge in [-0.05, 0) is 18.6 Å². The van der Waals surface area contributed by atoms with Crippen LogP contribution < -0.4 is 4.74 Å². The first-order valence-corrected chi connectivity index (χ1v) is 4.70. The van der Waals surface area contributed by atoms with E-state index in [2.05, 4.69) is 11.3 Å². The van der Waals surface area contributed by atoms with Crippen molar-refractivity contribution in [1.29, 1.82) is 0 Å². The molecule has 0 heterocycles. The third-order valence-electron chi connectivity index (χ3n) is 1.87. The average Bonchev–Trinajstić information content (AvgIpc) is 2.29. The van der Waals surface area contributed by atoms with Gasteiger partial charge >= 0.3 is 5.97 Å². The molecule has 0 saturated carbocycles. The van der Waals surface area contributed by atoms with Crippen molar-refractivity contribution >= 4 is 5.97 Å². The fourth-order valence-electron chi connectivity index (χ4n) is 1.12. The molecule has 0 aliphatic rings. The van der Waals surface area contributed by atoms with Gasteiger partial charge in [0, 0.05) is 0 Å². The first-order valence-electron chi connectivity index (χ1n) is 4.70. The molecule has 3 nitrogen and oxygen atoms in total. The number of esters is 1. The van der Waals surface area contributed by atoms with E-state index < -0.39 is 0 Å². The molecule has 0 aliphatic heterocycles. The Morgan fingerprint density at radius 2 is 2.20 bits per heavy atom. The zero-order valence-electron chi connectivity index (χ0n) is 8.73. The van der Waals surface area contributed by atoms with E-state index in [4.69, 9.17) is 4.74 Å². The number of carbonyl (C=O) groups excluding carboxylic acids is 1. The minimum atomic E-state index is -0.385. The van der Waals surface area contributed by atoms with Crippen molar-refractivity contribution in [3.05, 3.63) is 42.5 Å². The molecule has 80 valence electrons. The maximum absolute atomic E-state index is 11.3. The molecule has 0 amide bonds. The lowest BCUT2D eigenvalue weighted by Gasteiger charge is -2.08. The zero-order chi connectivity index (χ0) is 11.1. The van der Waals surface area contributed by atoms with Gasteiger partial charge in [-0.1, -0.05) is 18.2 Å². The largest absolute Gasteiger partial charge is 0.492 e. The van der Waals surface area contributed by atoms with Crippen LogP contribution in [0.4, 0.5) is 0 Å². The van der Waals surface area contributed by atoms with Gasteiger partial charge in [-0.3, -0.25) is 0 Å². The van der Waals surface area contributed by atoms with E-state index in [-0.39, 0.29) is 5.97 Å². The second-order valence-electron chi connectivity index (χ2n) is 2.91. The highest BCUT2D eigenvalue weighted by Gasteiger charge is 2.11. The quantitative estimate of drug-likeness (QED) is 0.421. The number of para-hydroxylation sites is 1. The molecule has 0 bridgehead atoms. The van der Waals surface area contributed by atoms with Crippen molar-refractivity contribution in [2.75, 3.05) is 13.7 Å². The van der Waals surface area contributed by atoms with Crippen LogP contribution in [0.15, 0.2) is 36.9 Å². The predicted molar refractivity (Wildman–Crippen MR) is 58.1 cm³/mol. The Labute approximate surface area is 89.3 Å². The molecule has 0 fully saturated rings. The third-order valence-corrected chi connectivity index (χ3v) is 1.87. The SMILES string of the molecule is C=CCCOc1ccccc1C(=O)OC. The molecule has 0 spiro atoms. The highest BCUT2D eigenvalue weighted by atomic mass is 16.5. The summed E-state index contributed by atoms with van der Waals surface area (Å²) < 4.78 is 10.1. The van der Waals surface area contributed by atoms with E-state index in [9.17, 15) is 4.79 Å². The molecule has 3 heteroatoms. The molecular formula is C12H14O3. The van der Waals surface area contributed by atoms with Crippen LogP contribution in [-0.4, -0.2) is 19.7 Å². The predicted octanol–water partition coefficient (Wildman–Crippen LogP) is 2.43. The van der Waals surface area contributed by atoms with Gasteiger partial charge in [0.15, 0.2) is 0 Å². The summed E-state index contributed by atoms with van der Waals surface area (Å²) in [6, 6.07) is 7.01. The average molecular weight is 206 g/mol. The highest BCUT2D eigenvalue weighted by molar-refractivity contribution is 5.92. The molecule has 0 aliphatic carbocycles. The molecule has 0 saturated heterocycles. The number of hydrogen-bond donors (Lipinski definition) is 0. The number of methoxy groups -OCH3 is 1. The monoisotopic (exact) mass is 206 g/mol. The van der Waals surface area contributed by atoms with Crippen LogP contribution in [0.1, 0.15) is 16.8 Å². The van der Waals surface area contributed by atoms with E-state index >= 15 is 0 Å². The normalized spacial score (nSPS) is 9.40. The first-order chi connectivity index (χ1) is 7.29. The molecule has 1 aromatic rings. The third kappa shape index (κ3) is 3.13. The fraction of sp³-hybridized carbons (Fsp3) is 0.250. The van der Waals surface area contributed by atoms with Gasteiger partial charge in [0.2, 0.25) is 0 Å². The van der Waals surface area contributed by atoms with Crippen molar-refractivity contribution in [2.45, 2.75) is 6.42 Å². The number of carbonyl (C=O) groups is 1. The van der Waals surface area contributed by atoms with Crippen LogP contribution in [0, 0.1) is 0 Å². The van der Waals surface area contributed by atoms with Gasteiger partial charge in [-0.25, -0.2) is 4.79 Å². The molecule has 0 radical (unpaired) electrons. The van der Waals surface area contributed by atoms with Crippen LogP contribution in [0.2, 0.25) is 0 Å². The fourth-order valence-corrected chi connectivity index (χ4v) is 1.12. The second kappa shape index (κ2) is 5.86. The Morgan fingerprint density at radius 3 is 2.87 bits per heavy atom. The second-order valence-corrected chi connectivity index (χ2v) is 2.91. The van der Waals surface area contributed by atoms with E-state index in [1.807, 2.05) is 6.07 Å². The minimum Gasteiger partial charge on any atom is -0.492 e. The molecule has 15 heavy (non-hydrogen) atoms. The smallest absolute Gasteiger partial charge is 0.341 e. The zero-order valence-corrected chi connectivity index (χ0v) is 8.73. The first kappa shape index (κ1) is 11.3. The molecule has 0 atom stereocenters. The van der Waals surface area contributed by atoms with Gasteiger partial charge in [0.25, 0.3) is 0 Å². The highest BCUT2D eigenvalue weighted by Crippen LogP contribution is 2.18. The van der Waals surface area contributed by atoms with E-state index in [0.717, 1.165) is 6.42 Å². The van der Waals surface area contributed by atoms with Crippen molar-refractivity contribution in [2.24, 2.45) is 0 Å². The Kier molecular flexibility index (Phi) is 4.41. The van der Waals surface area contributed by atoms with Gasteiger partial charge in [-0.2, -0.15) is 0 Å². The van der Waals surface area contributed by atoms with Crippen molar-refractivity contribution < 1.29 is 14.3 Å². The van der Waals surface area contributed by atoms with Crippen LogP contribution >= 0.6 is 0 Å². The minimum absolute atomic E-state index is 0.385. The maximum Gasteiger partial charge on any atom is 0.341 e. The summed E-state index contributed by atoms with van der Waals surface area (Å²) in [5, 5.41) is 0. The summed E-state index contributed by atoms with van der Waals surface area (Å²) in [7, 11) is 1.35. The summed E-state index contributed by atoms with van der Waals surface area (Å²) in [6.07, 6.45) is 2.51. The Bertz CT molecular complexity index is 344. The van der Waals surface area contributed by atoms with Crippen LogP contribution in [-0.2, 0) is 4.74 Å². The number of benzene rings is 1. The van der Waals surface area contributed by atoms with Gasteiger partial charge < -0.3 is 9.47 Å². The number of ether oxygens (including phenoxy) is 2. The Hall–Kier alpha value is -1.77. The van der Waals surface area contributed by atoms with Gasteiger partial charge in [0.1, 0.15) is 11.3 Å². The van der Waals surface area contributed by atoms with Crippen molar-refractivity contribution in [3.8, 4) is 5.75 Å². The number of hydrogen-bond acceptors (Lipinski definition) is 3. The molecule has 0 N–H and O–H groups in total. The summed E-state index contributed by atoms with van der Waals surface area (Å²) in [5.41, 5.74) is 0.448. The van der Waals surface area contributed by atoms with Crippen LogP contribution in [0.3, 0.4) is 0 Å². The van der Waals surface area contributed by atoms with E-state index in [0.29, 0.717) is 17.9 Å². The molecule has 0 aromatic heterocycles. The molecular weight excluding hydrogens is 192 g/mol. The van der Waals surface area contributed by atoms with Gasteiger partial charge in [0.05, 0.1) is 13.7 Å². The summed E-state index contributed by atoms with van der Waals surface area (Å²) in [6.45, 7) is 4.11. The number of rotatable bonds is 5. The molecule has 0 unspecified atom stereocenters. The van der Waals surface area contributed by atoms with Crippen LogP contribution in [0.5, 0.6) is 5.75 Å². The van der Waals surface area contributed by atoms with Crippen molar-refractivity contribution in [1.82, 2.24) is 0 Å². The summed E-state index contributed by atoms with van der Waals surface area (Å²) in [4.78, 5) is 11.3. The van der Waals surface area contributed by atoms with E-state index in [1.54, 1.807) is 24.3 Å². The molecule has 1 rings (SSSR count).